The fourth-order valence-electron chi connectivity index (χ4n) is 2.59. The van der Waals surface area contributed by atoms with E-state index in [0.29, 0.717) is 5.82 Å². The SMILES string of the molecule is CCN(CC)c1ccc(-c2nc3ccccc3[nH]2)c(O)c1. The number of phenolic OH excluding ortho intramolecular Hbond substituents is 1. The number of aromatic amines is 1. The Kier molecular flexibility index (Phi) is 3.52. The van der Waals surface area contributed by atoms with Gasteiger partial charge in [-0.3, -0.25) is 0 Å². The summed E-state index contributed by atoms with van der Waals surface area (Å²) in [5.41, 5.74) is 3.62. The minimum atomic E-state index is 0.249. The van der Waals surface area contributed by atoms with Crippen molar-refractivity contribution in [3.05, 3.63) is 42.5 Å². The van der Waals surface area contributed by atoms with Crippen LogP contribution in [0.2, 0.25) is 0 Å². The number of hydrogen-bond donors (Lipinski definition) is 2. The van der Waals surface area contributed by atoms with E-state index in [0.717, 1.165) is 35.4 Å². The summed E-state index contributed by atoms with van der Waals surface area (Å²) in [5.74, 6) is 0.943. The zero-order chi connectivity index (χ0) is 14.8. The smallest absolute Gasteiger partial charge is 0.142 e. The standard InChI is InChI=1S/C17H19N3O/c1-3-20(4-2)12-9-10-13(16(21)11-12)17-18-14-7-5-6-8-15(14)19-17/h5-11,21H,3-4H2,1-2H3,(H,18,19). The number of phenols is 1. The molecule has 2 aromatic carbocycles. The number of nitrogens with one attached hydrogen (secondary N) is 1. The quantitative estimate of drug-likeness (QED) is 0.765. The molecule has 108 valence electrons. The van der Waals surface area contributed by atoms with E-state index in [1.165, 1.54) is 0 Å². The number of para-hydroxylation sites is 2. The normalized spacial score (nSPS) is 11.0. The molecule has 3 rings (SSSR count). The van der Waals surface area contributed by atoms with Crippen molar-refractivity contribution in [2.45, 2.75) is 13.8 Å². The number of benzene rings is 2. The second-order valence-electron chi connectivity index (χ2n) is 4.98. The lowest BCUT2D eigenvalue weighted by Crippen LogP contribution is -2.21. The van der Waals surface area contributed by atoms with Crippen molar-refractivity contribution in [1.82, 2.24) is 9.97 Å². The van der Waals surface area contributed by atoms with Crippen LogP contribution >= 0.6 is 0 Å². The minimum Gasteiger partial charge on any atom is -0.507 e. The molecule has 0 aliphatic heterocycles. The van der Waals surface area contributed by atoms with E-state index in [1.54, 1.807) is 6.07 Å². The number of fused-ring (bicyclic) bond motifs is 1. The van der Waals surface area contributed by atoms with Gasteiger partial charge in [0.15, 0.2) is 0 Å². The molecule has 4 heteroatoms. The van der Waals surface area contributed by atoms with Crippen molar-refractivity contribution >= 4 is 16.7 Å². The summed E-state index contributed by atoms with van der Waals surface area (Å²) in [6, 6.07) is 13.6. The molecule has 0 bridgehead atoms. The molecule has 0 radical (unpaired) electrons. The van der Waals surface area contributed by atoms with Gasteiger partial charge in [0.1, 0.15) is 11.6 Å². The Labute approximate surface area is 124 Å². The first-order valence-electron chi connectivity index (χ1n) is 7.26. The number of aromatic hydroxyl groups is 1. The van der Waals surface area contributed by atoms with E-state index in [4.69, 9.17) is 0 Å². The third-order valence-electron chi connectivity index (χ3n) is 3.75. The summed E-state index contributed by atoms with van der Waals surface area (Å²) in [6.45, 7) is 6.04. The third kappa shape index (κ3) is 2.44. The van der Waals surface area contributed by atoms with Crippen LogP contribution in [-0.2, 0) is 0 Å². The predicted molar refractivity (Wildman–Crippen MR) is 86.8 cm³/mol. The fraction of sp³-hybridized carbons (Fsp3) is 0.235. The number of hydrogen-bond acceptors (Lipinski definition) is 3. The zero-order valence-electron chi connectivity index (χ0n) is 12.3. The summed E-state index contributed by atoms with van der Waals surface area (Å²) in [5, 5.41) is 10.3. The molecular weight excluding hydrogens is 262 g/mol. The highest BCUT2D eigenvalue weighted by atomic mass is 16.3. The largest absolute Gasteiger partial charge is 0.507 e. The number of H-pyrrole nitrogens is 1. The molecule has 0 atom stereocenters. The van der Waals surface area contributed by atoms with Crippen molar-refractivity contribution in [3.8, 4) is 17.1 Å². The maximum atomic E-state index is 10.3. The fourth-order valence-corrected chi connectivity index (χ4v) is 2.59. The van der Waals surface area contributed by atoms with Gasteiger partial charge in [-0.25, -0.2) is 4.98 Å². The van der Waals surface area contributed by atoms with Crippen LogP contribution in [0.4, 0.5) is 5.69 Å². The number of nitrogens with zero attached hydrogens (tertiary/aromatic N) is 2. The first-order chi connectivity index (χ1) is 10.2. The predicted octanol–water partition coefficient (Wildman–Crippen LogP) is 3.78. The first kappa shape index (κ1) is 13.5. The highest BCUT2D eigenvalue weighted by Crippen LogP contribution is 2.32. The summed E-state index contributed by atoms with van der Waals surface area (Å²) in [6.07, 6.45) is 0. The molecule has 1 heterocycles. The molecule has 0 fully saturated rings. The zero-order valence-corrected chi connectivity index (χ0v) is 12.3. The van der Waals surface area contributed by atoms with Crippen molar-refractivity contribution in [2.24, 2.45) is 0 Å². The number of imidazole rings is 1. The number of anilines is 1. The minimum absolute atomic E-state index is 0.249. The molecular formula is C17H19N3O. The van der Waals surface area contributed by atoms with E-state index in [1.807, 2.05) is 36.4 Å². The van der Waals surface area contributed by atoms with Gasteiger partial charge in [0.25, 0.3) is 0 Å². The van der Waals surface area contributed by atoms with Gasteiger partial charge in [-0.1, -0.05) is 12.1 Å². The van der Waals surface area contributed by atoms with Crippen LogP contribution in [0.1, 0.15) is 13.8 Å². The van der Waals surface area contributed by atoms with Gasteiger partial charge >= 0.3 is 0 Å². The summed E-state index contributed by atoms with van der Waals surface area (Å²) in [4.78, 5) is 9.97. The topological polar surface area (TPSA) is 52.2 Å². The lowest BCUT2D eigenvalue weighted by molar-refractivity contribution is 0.477. The molecule has 0 spiro atoms. The van der Waals surface area contributed by atoms with Gasteiger partial charge in [0.2, 0.25) is 0 Å². The Morgan fingerprint density at radius 1 is 1.10 bits per heavy atom. The molecule has 0 saturated heterocycles. The van der Waals surface area contributed by atoms with Crippen LogP contribution in [0, 0.1) is 0 Å². The van der Waals surface area contributed by atoms with Gasteiger partial charge < -0.3 is 15.0 Å². The Bertz CT molecular complexity index is 727. The van der Waals surface area contributed by atoms with Crippen LogP contribution in [0.15, 0.2) is 42.5 Å². The van der Waals surface area contributed by atoms with Crippen LogP contribution in [0.5, 0.6) is 5.75 Å². The lowest BCUT2D eigenvalue weighted by Gasteiger charge is -2.21. The average molecular weight is 281 g/mol. The Morgan fingerprint density at radius 2 is 1.86 bits per heavy atom. The monoisotopic (exact) mass is 281 g/mol. The molecule has 0 unspecified atom stereocenters. The van der Waals surface area contributed by atoms with Gasteiger partial charge in [-0.2, -0.15) is 0 Å². The molecule has 0 aliphatic rings. The van der Waals surface area contributed by atoms with Gasteiger partial charge in [0.05, 0.1) is 16.6 Å². The highest BCUT2D eigenvalue weighted by molar-refractivity contribution is 5.81. The second kappa shape index (κ2) is 5.48. The Hall–Kier alpha value is -2.49. The van der Waals surface area contributed by atoms with Crippen molar-refractivity contribution in [2.75, 3.05) is 18.0 Å². The molecule has 4 nitrogen and oxygen atoms in total. The lowest BCUT2D eigenvalue weighted by atomic mass is 10.1. The molecule has 1 aromatic heterocycles. The van der Waals surface area contributed by atoms with E-state index >= 15 is 0 Å². The van der Waals surface area contributed by atoms with Gasteiger partial charge in [-0.05, 0) is 38.1 Å². The maximum Gasteiger partial charge on any atom is 0.142 e. The first-order valence-corrected chi connectivity index (χ1v) is 7.26. The van der Waals surface area contributed by atoms with E-state index < -0.39 is 0 Å². The van der Waals surface area contributed by atoms with Gasteiger partial charge in [0, 0.05) is 24.8 Å². The van der Waals surface area contributed by atoms with Crippen LogP contribution in [0.25, 0.3) is 22.4 Å². The van der Waals surface area contributed by atoms with Crippen LogP contribution < -0.4 is 4.90 Å². The molecule has 0 saturated carbocycles. The summed E-state index contributed by atoms with van der Waals surface area (Å²) < 4.78 is 0. The van der Waals surface area contributed by atoms with Crippen LogP contribution in [0.3, 0.4) is 0 Å². The number of rotatable bonds is 4. The Morgan fingerprint density at radius 3 is 2.52 bits per heavy atom. The van der Waals surface area contributed by atoms with Crippen LogP contribution in [-0.4, -0.2) is 28.2 Å². The summed E-state index contributed by atoms with van der Waals surface area (Å²) in [7, 11) is 0. The molecule has 0 amide bonds. The highest BCUT2D eigenvalue weighted by Gasteiger charge is 2.11. The molecule has 2 N–H and O–H groups in total. The van der Waals surface area contributed by atoms with E-state index in [2.05, 4.69) is 28.7 Å². The maximum absolute atomic E-state index is 10.3. The number of aromatic nitrogens is 2. The van der Waals surface area contributed by atoms with E-state index in [9.17, 15) is 5.11 Å². The van der Waals surface area contributed by atoms with E-state index in [-0.39, 0.29) is 5.75 Å². The van der Waals surface area contributed by atoms with Crippen molar-refractivity contribution in [3.63, 3.8) is 0 Å². The molecule has 3 aromatic rings. The van der Waals surface area contributed by atoms with Crippen molar-refractivity contribution in [1.29, 1.82) is 0 Å². The van der Waals surface area contributed by atoms with Gasteiger partial charge in [-0.15, -0.1) is 0 Å². The summed E-state index contributed by atoms with van der Waals surface area (Å²) >= 11 is 0. The molecule has 21 heavy (non-hydrogen) atoms. The average Bonchev–Trinajstić information content (AvgIpc) is 2.92. The third-order valence-corrected chi connectivity index (χ3v) is 3.75. The second-order valence-corrected chi connectivity index (χ2v) is 4.98. The molecule has 0 aliphatic carbocycles. The Balaban J connectivity index is 2.02. The van der Waals surface area contributed by atoms with Crippen molar-refractivity contribution < 1.29 is 5.11 Å².